The molecular formula is C17H17N5OS3. The van der Waals surface area contributed by atoms with Crippen LogP contribution in [0.25, 0.3) is 0 Å². The SMILES string of the molecule is O=C(CSc1nnc(NC2CC2)s1)NC(c1ccccc1)c1nccs1. The van der Waals surface area contributed by atoms with Crippen molar-refractivity contribution in [2.75, 3.05) is 11.1 Å². The van der Waals surface area contributed by atoms with Crippen molar-refractivity contribution in [3.63, 3.8) is 0 Å². The average Bonchev–Trinajstić information content (AvgIpc) is 3.12. The maximum atomic E-state index is 12.5. The smallest absolute Gasteiger partial charge is 0.231 e. The molecule has 0 saturated heterocycles. The van der Waals surface area contributed by atoms with Gasteiger partial charge in [-0.1, -0.05) is 53.4 Å². The predicted molar refractivity (Wildman–Crippen MR) is 106 cm³/mol. The molecule has 0 aliphatic heterocycles. The summed E-state index contributed by atoms with van der Waals surface area (Å²) < 4.78 is 0.800. The number of hydrogen-bond acceptors (Lipinski definition) is 8. The van der Waals surface area contributed by atoms with Crippen molar-refractivity contribution in [3.05, 3.63) is 52.5 Å². The first-order chi connectivity index (χ1) is 12.8. The molecule has 0 spiro atoms. The van der Waals surface area contributed by atoms with Gasteiger partial charge >= 0.3 is 0 Å². The predicted octanol–water partition coefficient (Wildman–Crippen LogP) is 3.57. The number of nitrogens with zero attached hydrogens (tertiary/aromatic N) is 3. The number of carbonyl (C=O) groups excluding carboxylic acids is 1. The van der Waals surface area contributed by atoms with Gasteiger partial charge in [0.25, 0.3) is 0 Å². The molecule has 1 atom stereocenters. The number of anilines is 1. The maximum Gasteiger partial charge on any atom is 0.231 e. The van der Waals surface area contributed by atoms with Crippen molar-refractivity contribution in [3.8, 4) is 0 Å². The number of carbonyl (C=O) groups is 1. The summed E-state index contributed by atoms with van der Waals surface area (Å²) in [5.41, 5.74) is 1.02. The van der Waals surface area contributed by atoms with Crippen LogP contribution in [0, 0.1) is 0 Å². The zero-order valence-corrected chi connectivity index (χ0v) is 16.2. The largest absolute Gasteiger partial charge is 0.357 e. The van der Waals surface area contributed by atoms with Crippen LogP contribution in [0.4, 0.5) is 5.13 Å². The Kier molecular flexibility index (Phi) is 5.47. The van der Waals surface area contributed by atoms with Gasteiger partial charge in [-0.2, -0.15) is 0 Å². The van der Waals surface area contributed by atoms with Gasteiger partial charge < -0.3 is 10.6 Å². The number of benzene rings is 1. The van der Waals surface area contributed by atoms with Crippen molar-refractivity contribution in [2.45, 2.75) is 29.3 Å². The lowest BCUT2D eigenvalue weighted by Crippen LogP contribution is -2.30. The summed E-state index contributed by atoms with van der Waals surface area (Å²) in [4.78, 5) is 16.8. The minimum absolute atomic E-state index is 0.0500. The summed E-state index contributed by atoms with van der Waals surface area (Å²) in [6.45, 7) is 0. The highest BCUT2D eigenvalue weighted by Gasteiger charge is 2.23. The fourth-order valence-corrected chi connectivity index (χ4v) is 4.72. The second kappa shape index (κ2) is 8.15. The first-order valence-corrected chi connectivity index (χ1v) is 10.9. The van der Waals surface area contributed by atoms with E-state index in [4.69, 9.17) is 0 Å². The van der Waals surface area contributed by atoms with Gasteiger partial charge in [0.1, 0.15) is 11.0 Å². The second-order valence-corrected chi connectivity index (χ2v) is 8.99. The highest BCUT2D eigenvalue weighted by atomic mass is 32.2. The lowest BCUT2D eigenvalue weighted by atomic mass is 10.1. The number of rotatable bonds is 8. The van der Waals surface area contributed by atoms with Crippen molar-refractivity contribution < 1.29 is 4.79 Å². The molecule has 4 rings (SSSR count). The van der Waals surface area contributed by atoms with Crippen LogP contribution in [-0.2, 0) is 4.79 Å². The van der Waals surface area contributed by atoms with Gasteiger partial charge in [0.2, 0.25) is 11.0 Å². The minimum atomic E-state index is -0.231. The Labute approximate surface area is 163 Å². The molecule has 2 heterocycles. The van der Waals surface area contributed by atoms with E-state index in [0.29, 0.717) is 11.8 Å². The van der Waals surface area contributed by atoms with E-state index in [9.17, 15) is 4.79 Å². The highest BCUT2D eigenvalue weighted by molar-refractivity contribution is 8.01. The van der Waals surface area contributed by atoms with Crippen LogP contribution in [0.15, 0.2) is 46.2 Å². The molecule has 1 fully saturated rings. The molecule has 3 aromatic rings. The van der Waals surface area contributed by atoms with E-state index in [1.54, 1.807) is 6.20 Å². The van der Waals surface area contributed by atoms with Crippen LogP contribution in [0.2, 0.25) is 0 Å². The third-order valence-electron chi connectivity index (χ3n) is 3.77. The van der Waals surface area contributed by atoms with Crippen LogP contribution in [0.3, 0.4) is 0 Å². The Bertz CT molecular complexity index is 848. The molecule has 1 saturated carbocycles. The molecule has 0 bridgehead atoms. The third kappa shape index (κ3) is 4.60. The monoisotopic (exact) mass is 403 g/mol. The molecule has 9 heteroatoms. The quantitative estimate of drug-likeness (QED) is 0.560. The van der Waals surface area contributed by atoms with Gasteiger partial charge in [-0.25, -0.2) is 4.98 Å². The number of thioether (sulfide) groups is 1. The van der Waals surface area contributed by atoms with E-state index in [0.717, 1.165) is 20.0 Å². The second-order valence-electron chi connectivity index (χ2n) is 5.86. The van der Waals surface area contributed by atoms with Gasteiger partial charge in [0, 0.05) is 17.6 Å². The lowest BCUT2D eigenvalue weighted by molar-refractivity contribution is -0.119. The molecule has 1 unspecified atom stereocenters. The Morgan fingerprint density at radius 2 is 2.12 bits per heavy atom. The molecule has 134 valence electrons. The number of amides is 1. The van der Waals surface area contributed by atoms with Gasteiger partial charge in [0.15, 0.2) is 4.34 Å². The molecule has 1 aromatic carbocycles. The minimum Gasteiger partial charge on any atom is -0.357 e. The average molecular weight is 404 g/mol. The fraction of sp³-hybridized carbons (Fsp3) is 0.294. The fourth-order valence-electron chi connectivity index (χ4n) is 2.37. The zero-order chi connectivity index (χ0) is 17.8. The van der Waals surface area contributed by atoms with Crippen LogP contribution < -0.4 is 10.6 Å². The molecule has 1 amide bonds. The number of hydrogen-bond donors (Lipinski definition) is 2. The first kappa shape index (κ1) is 17.4. The van der Waals surface area contributed by atoms with Gasteiger partial charge in [0.05, 0.1) is 5.75 Å². The number of aromatic nitrogens is 3. The maximum absolute atomic E-state index is 12.5. The molecule has 2 N–H and O–H groups in total. The van der Waals surface area contributed by atoms with Gasteiger partial charge in [-0.3, -0.25) is 4.79 Å². The van der Waals surface area contributed by atoms with Crippen molar-refractivity contribution in [1.82, 2.24) is 20.5 Å². The summed E-state index contributed by atoms with van der Waals surface area (Å²) in [7, 11) is 0. The molecule has 6 nitrogen and oxygen atoms in total. The highest BCUT2D eigenvalue weighted by Crippen LogP contribution is 2.30. The van der Waals surface area contributed by atoms with Crippen LogP contribution in [0.5, 0.6) is 0 Å². The van der Waals surface area contributed by atoms with E-state index < -0.39 is 0 Å². The van der Waals surface area contributed by atoms with Crippen LogP contribution in [-0.4, -0.2) is 32.9 Å². The van der Waals surface area contributed by atoms with E-state index in [2.05, 4.69) is 25.8 Å². The Morgan fingerprint density at radius 3 is 2.85 bits per heavy atom. The van der Waals surface area contributed by atoms with E-state index in [-0.39, 0.29) is 11.9 Å². The first-order valence-electron chi connectivity index (χ1n) is 8.24. The zero-order valence-electron chi connectivity index (χ0n) is 13.8. The Hall–Kier alpha value is -1.97. The number of nitrogens with one attached hydrogen (secondary N) is 2. The van der Waals surface area contributed by atoms with E-state index in [1.165, 1.54) is 47.3 Å². The normalized spacial score (nSPS) is 14.8. The Morgan fingerprint density at radius 1 is 1.27 bits per heavy atom. The summed E-state index contributed by atoms with van der Waals surface area (Å²) in [5, 5.41) is 18.3. The van der Waals surface area contributed by atoms with E-state index in [1.807, 2.05) is 35.7 Å². The third-order valence-corrected chi connectivity index (χ3v) is 6.60. The van der Waals surface area contributed by atoms with Crippen molar-refractivity contribution >= 4 is 45.5 Å². The molecular weight excluding hydrogens is 386 g/mol. The summed E-state index contributed by atoms with van der Waals surface area (Å²) >= 11 is 4.44. The molecule has 2 aromatic heterocycles. The van der Waals surface area contributed by atoms with Crippen LogP contribution >= 0.6 is 34.4 Å². The van der Waals surface area contributed by atoms with Crippen molar-refractivity contribution in [2.24, 2.45) is 0 Å². The summed E-state index contributed by atoms with van der Waals surface area (Å²) in [6, 6.07) is 10.2. The standard InChI is InChI=1S/C17H17N5OS3/c23-13(10-25-17-22-21-16(26-17)19-12-6-7-12)20-14(15-18-8-9-24-15)11-4-2-1-3-5-11/h1-5,8-9,12,14H,6-7,10H2,(H,19,21)(H,20,23). The lowest BCUT2D eigenvalue weighted by Gasteiger charge is -2.16. The van der Waals surface area contributed by atoms with Gasteiger partial charge in [-0.15, -0.1) is 21.5 Å². The van der Waals surface area contributed by atoms with Gasteiger partial charge in [-0.05, 0) is 18.4 Å². The molecule has 0 radical (unpaired) electrons. The topological polar surface area (TPSA) is 79.8 Å². The Balaban J connectivity index is 1.36. The molecule has 1 aliphatic carbocycles. The van der Waals surface area contributed by atoms with Crippen LogP contribution in [0.1, 0.15) is 29.5 Å². The van der Waals surface area contributed by atoms with Crippen molar-refractivity contribution in [1.29, 1.82) is 0 Å². The molecule has 1 aliphatic rings. The summed E-state index contributed by atoms with van der Waals surface area (Å²) in [5.74, 6) is 0.248. The molecule has 26 heavy (non-hydrogen) atoms. The summed E-state index contributed by atoms with van der Waals surface area (Å²) in [6.07, 6.45) is 4.15. The number of thiazole rings is 1. The van der Waals surface area contributed by atoms with E-state index >= 15 is 0 Å².